The molecule has 424 valence electrons. The molecular weight excluding hydrogens is 841 g/mol. The predicted octanol–water partition coefficient (Wildman–Crippen LogP) is 24.6. The zero-order chi connectivity index (χ0) is 59.0. The molecule has 0 spiro atoms. The SMILES string of the molecule is CC(C)(C)C(C)(C)C(C)(C)C(C)(C)C(C)(C)C(C)(C)C(C)(C)C(C)(C)C(C)(C)C(C)(C)C(C)(C)C.CC(C)(C)C(C)(C)C(C)(C)C(C)(C)C(C)(C)C(C)(C)C(C)(C)C(C)(C)C(C)(C)C(C)(C)C(C)(C)C. The quantitative estimate of drug-likeness (QED) is 0.145. The van der Waals surface area contributed by atoms with E-state index < -0.39 is 0 Å². The average molecular weight is 986 g/mol. The topological polar surface area (TPSA) is 0 Å². The van der Waals surface area contributed by atoms with Gasteiger partial charge in [0.15, 0.2) is 0 Å². The Hall–Kier alpha value is 0. The monoisotopic (exact) mass is 985 g/mol. The van der Waals surface area contributed by atoms with Gasteiger partial charge in [-0.2, -0.15) is 0 Å². The first kappa shape index (κ1) is 72.1. The van der Waals surface area contributed by atoms with E-state index in [1.165, 1.54) is 0 Å². The Labute approximate surface area is 449 Å². The van der Waals surface area contributed by atoms with Crippen LogP contribution in [0, 0.1) is 119 Å². The largest absolute Gasteiger partial charge is 0.0596 e. The van der Waals surface area contributed by atoms with E-state index in [2.05, 4.69) is 332 Å². The van der Waals surface area contributed by atoms with Crippen LogP contribution in [0.5, 0.6) is 0 Å². The molecule has 0 nitrogen and oxygen atoms in total. The highest BCUT2D eigenvalue weighted by Crippen LogP contribution is 2.77. The van der Waals surface area contributed by atoms with Gasteiger partial charge in [-0.25, -0.2) is 0 Å². The molecule has 0 atom stereocenters. The maximum absolute atomic E-state index is 2.58. The summed E-state index contributed by atoms with van der Waals surface area (Å²) in [5.74, 6) is 0. The van der Waals surface area contributed by atoms with Gasteiger partial charge in [-0.15, -0.1) is 0 Å². The fourth-order valence-corrected chi connectivity index (χ4v) is 14.7. The van der Waals surface area contributed by atoms with Crippen LogP contribution in [-0.4, -0.2) is 0 Å². The van der Waals surface area contributed by atoms with E-state index in [9.17, 15) is 0 Å². The lowest BCUT2D eigenvalue weighted by Crippen LogP contribution is -2.65. The van der Waals surface area contributed by atoms with Gasteiger partial charge in [0.2, 0.25) is 0 Å². The van der Waals surface area contributed by atoms with Gasteiger partial charge in [0.05, 0.1) is 0 Å². The fraction of sp³-hybridized carbons (Fsp3) is 1.00. The molecule has 0 radical (unpaired) electrons. The van der Waals surface area contributed by atoms with E-state index in [1.807, 2.05) is 0 Å². The first-order valence-corrected chi connectivity index (χ1v) is 29.0. The Kier molecular flexibility index (Phi) is 18.9. The number of hydrogen-bond donors (Lipinski definition) is 0. The second-order valence-electron chi connectivity index (χ2n) is 38.2. The average Bonchev–Trinajstić information content (AvgIpc) is 3.08. The van der Waals surface area contributed by atoms with Crippen molar-refractivity contribution in [2.75, 3.05) is 0 Å². The molecule has 0 heteroatoms. The van der Waals surface area contributed by atoms with Crippen molar-refractivity contribution >= 4 is 0 Å². The first-order valence-electron chi connectivity index (χ1n) is 29.0. The van der Waals surface area contributed by atoms with Gasteiger partial charge < -0.3 is 0 Å². The van der Waals surface area contributed by atoms with Crippen molar-refractivity contribution in [3.63, 3.8) is 0 Å². The highest BCUT2D eigenvalue weighted by molar-refractivity contribution is 5.18. The normalized spacial score (nSPS) is 17.1. The van der Waals surface area contributed by atoms with Crippen LogP contribution in [0.25, 0.3) is 0 Å². The molecular formula is C70H144. The third kappa shape index (κ3) is 9.42. The molecule has 0 fully saturated rings. The van der Waals surface area contributed by atoms with Gasteiger partial charge in [0, 0.05) is 0 Å². The van der Waals surface area contributed by atoms with Crippen LogP contribution in [-0.2, 0) is 0 Å². The summed E-state index contributed by atoms with van der Waals surface area (Å²) in [6.45, 7) is 121. The van der Waals surface area contributed by atoms with Gasteiger partial charge in [0.25, 0.3) is 0 Å². The Bertz CT molecular complexity index is 1490. The van der Waals surface area contributed by atoms with E-state index in [1.54, 1.807) is 0 Å². The second-order valence-corrected chi connectivity index (χ2v) is 38.2. The maximum atomic E-state index is 2.58. The molecule has 0 aromatic carbocycles. The number of hydrogen-bond acceptors (Lipinski definition) is 0. The van der Waals surface area contributed by atoms with Crippen molar-refractivity contribution in [2.24, 2.45) is 119 Å². The summed E-state index contributed by atoms with van der Waals surface area (Å²) in [5.41, 5.74) is 2.61. The van der Waals surface area contributed by atoms with Crippen LogP contribution in [0.1, 0.15) is 332 Å². The summed E-state index contributed by atoms with van der Waals surface area (Å²) in [4.78, 5) is 0. The molecule has 0 unspecified atom stereocenters. The summed E-state index contributed by atoms with van der Waals surface area (Å²) in [5, 5.41) is 0. The van der Waals surface area contributed by atoms with Crippen LogP contribution in [0.15, 0.2) is 0 Å². The van der Waals surface area contributed by atoms with Gasteiger partial charge in [-0.05, 0) is 119 Å². The molecule has 0 N–H and O–H groups in total. The van der Waals surface area contributed by atoms with E-state index in [-0.39, 0.29) is 119 Å². The Morgan fingerprint density at radius 2 is 0.114 bits per heavy atom. The Morgan fingerprint density at radius 1 is 0.0714 bits per heavy atom. The zero-order valence-electron chi connectivity index (χ0n) is 59.0. The maximum Gasteiger partial charge on any atom is -0.0241 e. The van der Waals surface area contributed by atoms with Gasteiger partial charge in [-0.3, -0.25) is 0 Å². The number of rotatable bonds is 16. The molecule has 0 aliphatic rings. The van der Waals surface area contributed by atoms with E-state index in [4.69, 9.17) is 0 Å². The lowest BCUT2D eigenvalue weighted by Gasteiger charge is -2.72. The fourth-order valence-electron chi connectivity index (χ4n) is 14.7. The smallest absolute Gasteiger partial charge is 0.0241 e. The molecule has 70 heavy (non-hydrogen) atoms. The molecule has 0 rings (SSSR count). The van der Waals surface area contributed by atoms with Crippen molar-refractivity contribution in [1.82, 2.24) is 0 Å². The molecule has 0 aliphatic heterocycles. The van der Waals surface area contributed by atoms with Crippen molar-refractivity contribution in [2.45, 2.75) is 332 Å². The van der Waals surface area contributed by atoms with Gasteiger partial charge in [-0.1, -0.05) is 332 Å². The van der Waals surface area contributed by atoms with Crippen LogP contribution >= 0.6 is 0 Å². The molecule has 0 aliphatic carbocycles. The lowest BCUT2D eigenvalue weighted by molar-refractivity contribution is -0.238. The van der Waals surface area contributed by atoms with Crippen LogP contribution in [0.4, 0.5) is 0 Å². The predicted molar refractivity (Wildman–Crippen MR) is 326 cm³/mol. The molecule has 0 aromatic rings. The second kappa shape index (κ2) is 18.3. The lowest BCUT2D eigenvalue weighted by atomic mass is 9.33. The van der Waals surface area contributed by atoms with E-state index >= 15 is 0 Å². The Morgan fingerprint density at radius 3 is 0.157 bits per heavy atom. The zero-order valence-corrected chi connectivity index (χ0v) is 59.0. The summed E-state index contributed by atoms with van der Waals surface area (Å²) >= 11 is 0. The van der Waals surface area contributed by atoms with Crippen molar-refractivity contribution in [3.8, 4) is 0 Å². The van der Waals surface area contributed by atoms with E-state index in [0.717, 1.165) is 0 Å². The molecule has 0 amide bonds. The van der Waals surface area contributed by atoms with Crippen molar-refractivity contribution in [3.05, 3.63) is 0 Å². The molecule has 0 saturated heterocycles. The minimum absolute atomic E-state index is 0.0590. The first-order chi connectivity index (χ1) is 29.0. The summed E-state index contributed by atoms with van der Waals surface area (Å²) in [6, 6.07) is 0. The summed E-state index contributed by atoms with van der Waals surface area (Å²) in [7, 11) is 0. The molecule has 0 heterocycles. The van der Waals surface area contributed by atoms with Crippen LogP contribution < -0.4 is 0 Å². The van der Waals surface area contributed by atoms with E-state index in [0.29, 0.717) is 0 Å². The standard InChI is InChI=1S/2C35H72/c2*1-25(2,3)27(7,8)29(11,12)31(15,16)33(19,20)35(23,24)34(21,22)32(17,18)30(13,14)28(9,10)26(4,5)6/h2*1-24H3. The molecule has 0 saturated carbocycles. The van der Waals surface area contributed by atoms with Gasteiger partial charge >= 0.3 is 0 Å². The van der Waals surface area contributed by atoms with Crippen LogP contribution in [0.2, 0.25) is 0 Å². The van der Waals surface area contributed by atoms with Gasteiger partial charge in [0.1, 0.15) is 0 Å². The third-order valence-corrected chi connectivity index (χ3v) is 32.5. The highest BCUT2D eigenvalue weighted by atomic mass is 14.7. The Balaban J connectivity index is 0. The molecule has 0 aromatic heterocycles. The van der Waals surface area contributed by atoms with Crippen molar-refractivity contribution < 1.29 is 0 Å². The van der Waals surface area contributed by atoms with Crippen LogP contribution in [0.3, 0.4) is 0 Å². The summed E-state index contributed by atoms with van der Waals surface area (Å²) < 4.78 is 0. The minimum atomic E-state index is 0.0590. The molecule has 0 bridgehead atoms. The third-order valence-electron chi connectivity index (χ3n) is 32.5. The van der Waals surface area contributed by atoms with Crippen molar-refractivity contribution in [1.29, 1.82) is 0 Å². The summed E-state index contributed by atoms with van der Waals surface area (Å²) in [6.07, 6.45) is 0. The minimum Gasteiger partial charge on any atom is -0.0596 e. The highest BCUT2D eigenvalue weighted by Gasteiger charge is 2.70.